The molecule has 0 bridgehead atoms. The summed E-state index contributed by atoms with van der Waals surface area (Å²) in [7, 11) is 0. The third-order valence-corrected chi connectivity index (χ3v) is 2.91. The molecule has 0 aromatic heterocycles. The lowest BCUT2D eigenvalue weighted by atomic mass is 10.0. The van der Waals surface area contributed by atoms with Gasteiger partial charge >= 0.3 is 0 Å². The van der Waals surface area contributed by atoms with Gasteiger partial charge in [-0.05, 0) is 30.0 Å². The molecule has 3 nitrogen and oxygen atoms in total. The molecular weight excluding hydrogens is 280 g/mol. The van der Waals surface area contributed by atoms with Crippen LogP contribution in [0, 0.1) is 5.92 Å². The number of rotatable bonds is 5. The van der Waals surface area contributed by atoms with Gasteiger partial charge in [0.25, 0.3) is 0 Å². The third-order valence-electron chi connectivity index (χ3n) is 2.42. The molecule has 1 aromatic carbocycles. The van der Waals surface area contributed by atoms with Crippen LogP contribution in [0.3, 0.4) is 0 Å². The number of hydrogen-bond donors (Lipinski definition) is 2. The standard InChI is InChI=1S/C13H19BrN2O/c1-9(2)6-12(15)13(17)16-8-10-4-3-5-11(14)7-10/h3-5,7,9,12H,6,8,15H2,1-2H3,(H,16,17)/t12-/m1/s1. The van der Waals surface area contributed by atoms with Gasteiger partial charge in [0.2, 0.25) is 5.91 Å². The first-order chi connectivity index (χ1) is 7.99. The molecule has 0 unspecified atom stereocenters. The van der Waals surface area contributed by atoms with Crippen molar-refractivity contribution < 1.29 is 4.79 Å². The number of benzene rings is 1. The Morgan fingerprint density at radius 1 is 1.47 bits per heavy atom. The highest BCUT2D eigenvalue weighted by molar-refractivity contribution is 9.10. The molecule has 0 aliphatic rings. The predicted octanol–water partition coefficient (Wildman–Crippen LogP) is 2.44. The van der Waals surface area contributed by atoms with E-state index in [0.717, 1.165) is 10.0 Å². The maximum atomic E-state index is 11.7. The molecule has 4 heteroatoms. The molecule has 0 aliphatic heterocycles. The molecule has 1 amide bonds. The molecule has 3 N–H and O–H groups in total. The highest BCUT2D eigenvalue weighted by Gasteiger charge is 2.14. The Balaban J connectivity index is 2.43. The average Bonchev–Trinajstić information content (AvgIpc) is 2.25. The lowest BCUT2D eigenvalue weighted by molar-refractivity contribution is -0.122. The fraction of sp³-hybridized carbons (Fsp3) is 0.462. The van der Waals surface area contributed by atoms with Crippen LogP contribution in [0.1, 0.15) is 25.8 Å². The van der Waals surface area contributed by atoms with Gasteiger partial charge in [-0.2, -0.15) is 0 Å². The normalized spacial score (nSPS) is 12.5. The van der Waals surface area contributed by atoms with E-state index >= 15 is 0 Å². The van der Waals surface area contributed by atoms with Gasteiger partial charge in [-0.1, -0.05) is 41.9 Å². The molecule has 0 heterocycles. The van der Waals surface area contributed by atoms with Crippen LogP contribution in [-0.4, -0.2) is 11.9 Å². The fourth-order valence-corrected chi connectivity index (χ4v) is 2.03. The Kier molecular flexibility index (Phi) is 5.65. The van der Waals surface area contributed by atoms with Gasteiger partial charge in [0.1, 0.15) is 0 Å². The zero-order valence-electron chi connectivity index (χ0n) is 10.2. The summed E-state index contributed by atoms with van der Waals surface area (Å²) in [6.07, 6.45) is 0.713. The van der Waals surface area contributed by atoms with E-state index in [1.165, 1.54) is 0 Å². The first-order valence-electron chi connectivity index (χ1n) is 5.76. The summed E-state index contributed by atoms with van der Waals surface area (Å²) in [5.74, 6) is 0.347. The number of carbonyl (C=O) groups is 1. The van der Waals surface area contributed by atoms with Crippen LogP contribution < -0.4 is 11.1 Å². The van der Waals surface area contributed by atoms with Crippen molar-refractivity contribution >= 4 is 21.8 Å². The first-order valence-corrected chi connectivity index (χ1v) is 6.56. The Labute approximate surface area is 111 Å². The van der Waals surface area contributed by atoms with E-state index in [1.807, 2.05) is 24.3 Å². The maximum Gasteiger partial charge on any atom is 0.237 e. The van der Waals surface area contributed by atoms with Crippen LogP contribution in [0.15, 0.2) is 28.7 Å². The van der Waals surface area contributed by atoms with E-state index in [1.54, 1.807) is 0 Å². The topological polar surface area (TPSA) is 55.1 Å². The summed E-state index contributed by atoms with van der Waals surface area (Å²) < 4.78 is 1.01. The number of amides is 1. The lowest BCUT2D eigenvalue weighted by Gasteiger charge is -2.14. The van der Waals surface area contributed by atoms with Crippen molar-refractivity contribution in [2.75, 3.05) is 0 Å². The molecule has 0 aliphatic carbocycles. The molecule has 1 rings (SSSR count). The molecule has 17 heavy (non-hydrogen) atoms. The minimum atomic E-state index is -0.415. The van der Waals surface area contributed by atoms with Crippen molar-refractivity contribution in [1.29, 1.82) is 0 Å². The lowest BCUT2D eigenvalue weighted by Crippen LogP contribution is -2.41. The van der Waals surface area contributed by atoms with Crippen molar-refractivity contribution in [3.8, 4) is 0 Å². The van der Waals surface area contributed by atoms with Gasteiger partial charge in [-0.25, -0.2) is 0 Å². The van der Waals surface area contributed by atoms with Crippen LogP contribution in [0.2, 0.25) is 0 Å². The Morgan fingerprint density at radius 3 is 2.76 bits per heavy atom. The number of nitrogens with one attached hydrogen (secondary N) is 1. The summed E-state index contributed by atoms with van der Waals surface area (Å²) in [5.41, 5.74) is 6.85. The SMILES string of the molecule is CC(C)C[C@@H](N)C(=O)NCc1cccc(Br)c1. The molecule has 0 radical (unpaired) electrons. The molecule has 0 fully saturated rings. The Hall–Kier alpha value is -0.870. The van der Waals surface area contributed by atoms with Crippen molar-refractivity contribution in [3.05, 3.63) is 34.3 Å². The zero-order chi connectivity index (χ0) is 12.8. The van der Waals surface area contributed by atoms with Gasteiger partial charge in [-0.15, -0.1) is 0 Å². The predicted molar refractivity (Wildman–Crippen MR) is 73.4 cm³/mol. The van der Waals surface area contributed by atoms with Crippen molar-refractivity contribution in [2.24, 2.45) is 11.7 Å². The number of nitrogens with two attached hydrogens (primary N) is 1. The summed E-state index contributed by atoms with van der Waals surface area (Å²) >= 11 is 3.39. The van der Waals surface area contributed by atoms with E-state index in [2.05, 4.69) is 35.1 Å². The summed E-state index contributed by atoms with van der Waals surface area (Å²) in [6.45, 7) is 4.63. The highest BCUT2D eigenvalue weighted by atomic mass is 79.9. The van der Waals surface area contributed by atoms with E-state index in [0.29, 0.717) is 18.9 Å². The molecule has 1 aromatic rings. The maximum absolute atomic E-state index is 11.7. The van der Waals surface area contributed by atoms with Crippen LogP contribution in [-0.2, 0) is 11.3 Å². The number of hydrogen-bond acceptors (Lipinski definition) is 2. The molecule has 0 spiro atoms. The van der Waals surface area contributed by atoms with Crippen LogP contribution in [0.4, 0.5) is 0 Å². The molecule has 0 saturated heterocycles. The van der Waals surface area contributed by atoms with E-state index in [4.69, 9.17) is 5.73 Å². The number of halogens is 1. The monoisotopic (exact) mass is 298 g/mol. The van der Waals surface area contributed by atoms with Crippen LogP contribution in [0.25, 0.3) is 0 Å². The second-order valence-electron chi connectivity index (χ2n) is 4.58. The molecule has 1 atom stereocenters. The smallest absolute Gasteiger partial charge is 0.237 e. The van der Waals surface area contributed by atoms with Gasteiger partial charge in [-0.3, -0.25) is 4.79 Å². The van der Waals surface area contributed by atoms with Gasteiger partial charge in [0.15, 0.2) is 0 Å². The number of carbonyl (C=O) groups excluding carboxylic acids is 1. The van der Waals surface area contributed by atoms with Crippen molar-refractivity contribution in [2.45, 2.75) is 32.9 Å². The second-order valence-corrected chi connectivity index (χ2v) is 5.50. The summed E-state index contributed by atoms with van der Waals surface area (Å²) in [6, 6.07) is 7.44. The molecule has 94 valence electrons. The van der Waals surface area contributed by atoms with Gasteiger partial charge in [0.05, 0.1) is 6.04 Å². The molecule has 0 saturated carbocycles. The van der Waals surface area contributed by atoms with E-state index < -0.39 is 6.04 Å². The van der Waals surface area contributed by atoms with Crippen LogP contribution in [0.5, 0.6) is 0 Å². The van der Waals surface area contributed by atoms with Gasteiger partial charge in [0, 0.05) is 11.0 Å². The van der Waals surface area contributed by atoms with Gasteiger partial charge < -0.3 is 11.1 Å². The van der Waals surface area contributed by atoms with E-state index in [-0.39, 0.29) is 5.91 Å². The van der Waals surface area contributed by atoms with Crippen LogP contribution >= 0.6 is 15.9 Å². The fourth-order valence-electron chi connectivity index (χ4n) is 1.58. The Morgan fingerprint density at radius 2 is 2.18 bits per heavy atom. The Bertz CT molecular complexity index is 379. The van der Waals surface area contributed by atoms with Crippen molar-refractivity contribution in [3.63, 3.8) is 0 Å². The first kappa shape index (κ1) is 14.2. The third kappa shape index (κ3) is 5.33. The quantitative estimate of drug-likeness (QED) is 0.877. The summed E-state index contributed by atoms with van der Waals surface area (Å²) in [5, 5.41) is 2.85. The summed E-state index contributed by atoms with van der Waals surface area (Å²) in [4.78, 5) is 11.7. The second kappa shape index (κ2) is 6.77. The highest BCUT2D eigenvalue weighted by Crippen LogP contribution is 2.11. The zero-order valence-corrected chi connectivity index (χ0v) is 11.8. The minimum absolute atomic E-state index is 0.0846. The minimum Gasteiger partial charge on any atom is -0.351 e. The van der Waals surface area contributed by atoms with Crippen molar-refractivity contribution in [1.82, 2.24) is 5.32 Å². The average molecular weight is 299 g/mol. The van der Waals surface area contributed by atoms with E-state index in [9.17, 15) is 4.79 Å². The molecular formula is C13H19BrN2O. The largest absolute Gasteiger partial charge is 0.351 e.